The molecular formula is C18H15BrN4O2. The summed E-state index contributed by atoms with van der Waals surface area (Å²) in [5.41, 5.74) is 0.761. The summed E-state index contributed by atoms with van der Waals surface area (Å²) in [6.07, 6.45) is 5.21. The Morgan fingerprint density at radius 1 is 1.32 bits per heavy atom. The van der Waals surface area contributed by atoms with E-state index in [2.05, 4.69) is 30.7 Å². The van der Waals surface area contributed by atoms with Crippen molar-refractivity contribution in [3.05, 3.63) is 58.4 Å². The molecule has 0 atom stereocenters. The topological polar surface area (TPSA) is 59.7 Å². The van der Waals surface area contributed by atoms with Gasteiger partial charge in [-0.3, -0.25) is 4.79 Å². The number of likely N-dealkylation sites (tertiary alicyclic amines) is 1. The SMILES string of the molecule is [C-]#[N+]c1ccc(OC2CC3(C2)CN(C(=O)c2ncccn2)C3)cc1Br. The Bertz CT molecular complexity index is 851. The molecule has 0 bridgehead atoms. The summed E-state index contributed by atoms with van der Waals surface area (Å²) < 4.78 is 6.73. The van der Waals surface area contributed by atoms with Crippen molar-refractivity contribution in [1.82, 2.24) is 14.9 Å². The normalized spacial score (nSPS) is 18.2. The van der Waals surface area contributed by atoms with Crippen molar-refractivity contribution in [2.75, 3.05) is 13.1 Å². The van der Waals surface area contributed by atoms with Crippen LogP contribution in [0.2, 0.25) is 0 Å². The number of aromatic nitrogens is 2. The Hall–Kier alpha value is -2.46. The molecule has 4 rings (SSSR count). The smallest absolute Gasteiger partial charge is 0.291 e. The predicted molar refractivity (Wildman–Crippen MR) is 94.4 cm³/mol. The lowest BCUT2D eigenvalue weighted by Gasteiger charge is -2.58. The van der Waals surface area contributed by atoms with Crippen molar-refractivity contribution in [2.45, 2.75) is 18.9 Å². The Morgan fingerprint density at radius 3 is 2.68 bits per heavy atom. The fourth-order valence-corrected chi connectivity index (χ4v) is 4.00. The van der Waals surface area contributed by atoms with Gasteiger partial charge in [-0.05, 0) is 31.0 Å². The van der Waals surface area contributed by atoms with E-state index >= 15 is 0 Å². The Balaban J connectivity index is 1.30. The zero-order chi connectivity index (χ0) is 17.4. The predicted octanol–water partition coefficient (Wildman–Crippen LogP) is 3.47. The minimum absolute atomic E-state index is 0.103. The highest BCUT2D eigenvalue weighted by molar-refractivity contribution is 9.10. The highest BCUT2D eigenvalue weighted by atomic mass is 79.9. The third kappa shape index (κ3) is 2.98. The number of rotatable bonds is 3. The van der Waals surface area contributed by atoms with Crippen molar-refractivity contribution in [2.24, 2.45) is 5.41 Å². The van der Waals surface area contributed by atoms with Gasteiger partial charge < -0.3 is 9.64 Å². The van der Waals surface area contributed by atoms with Gasteiger partial charge in [-0.25, -0.2) is 14.8 Å². The van der Waals surface area contributed by atoms with E-state index in [-0.39, 0.29) is 23.3 Å². The third-order valence-corrected chi connectivity index (χ3v) is 5.40. The van der Waals surface area contributed by atoms with Gasteiger partial charge in [0.1, 0.15) is 11.9 Å². The summed E-state index contributed by atoms with van der Waals surface area (Å²) in [7, 11) is 0. The van der Waals surface area contributed by atoms with Gasteiger partial charge in [-0.2, -0.15) is 0 Å². The average molecular weight is 399 g/mol. The molecular weight excluding hydrogens is 384 g/mol. The summed E-state index contributed by atoms with van der Waals surface area (Å²) in [6, 6.07) is 7.11. The van der Waals surface area contributed by atoms with E-state index in [4.69, 9.17) is 11.3 Å². The second-order valence-electron chi connectivity index (χ2n) is 6.61. The van der Waals surface area contributed by atoms with Crippen LogP contribution in [0.1, 0.15) is 23.5 Å². The van der Waals surface area contributed by atoms with Crippen molar-refractivity contribution in [1.29, 1.82) is 0 Å². The van der Waals surface area contributed by atoms with Crippen LogP contribution in [0.4, 0.5) is 5.69 Å². The quantitative estimate of drug-likeness (QED) is 0.742. The number of benzene rings is 1. The lowest BCUT2D eigenvalue weighted by atomic mass is 9.61. The van der Waals surface area contributed by atoms with Gasteiger partial charge in [-0.1, -0.05) is 22.0 Å². The molecule has 25 heavy (non-hydrogen) atoms. The maximum atomic E-state index is 12.3. The molecule has 0 N–H and O–H groups in total. The molecule has 1 spiro atoms. The van der Waals surface area contributed by atoms with Crippen molar-refractivity contribution in [3.63, 3.8) is 0 Å². The van der Waals surface area contributed by atoms with E-state index in [1.54, 1.807) is 29.4 Å². The first-order valence-corrected chi connectivity index (χ1v) is 8.78. The lowest BCUT2D eigenvalue weighted by molar-refractivity contribution is -0.103. The fraction of sp³-hybridized carbons (Fsp3) is 0.333. The number of nitrogens with zero attached hydrogens (tertiary/aromatic N) is 4. The van der Waals surface area contributed by atoms with Crippen LogP contribution in [0, 0.1) is 12.0 Å². The van der Waals surface area contributed by atoms with E-state index in [0.717, 1.165) is 36.2 Å². The number of carbonyl (C=O) groups is 1. The minimum Gasteiger partial charge on any atom is -0.490 e. The molecule has 1 aliphatic carbocycles. The van der Waals surface area contributed by atoms with Crippen LogP contribution < -0.4 is 4.74 Å². The Morgan fingerprint density at radius 2 is 2.04 bits per heavy atom. The molecule has 0 radical (unpaired) electrons. The zero-order valence-corrected chi connectivity index (χ0v) is 14.9. The molecule has 1 saturated carbocycles. The van der Waals surface area contributed by atoms with Crippen LogP contribution in [-0.2, 0) is 0 Å². The van der Waals surface area contributed by atoms with Gasteiger partial charge >= 0.3 is 0 Å². The highest BCUT2D eigenvalue weighted by Gasteiger charge is 2.55. The molecule has 126 valence electrons. The van der Waals surface area contributed by atoms with Crippen LogP contribution >= 0.6 is 15.9 Å². The highest BCUT2D eigenvalue weighted by Crippen LogP contribution is 2.50. The van der Waals surface area contributed by atoms with Crippen LogP contribution in [0.25, 0.3) is 4.85 Å². The molecule has 1 amide bonds. The number of carbonyl (C=O) groups excluding carboxylic acids is 1. The first-order chi connectivity index (χ1) is 12.1. The van der Waals surface area contributed by atoms with E-state index in [9.17, 15) is 4.79 Å². The second-order valence-corrected chi connectivity index (χ2v) is 7.46. The standard InChI is InChI=1S/C18H15BrN4O2/c1-20-15-4-3-12(7-14(15)19)25-13-8-18(9-13)10-23(11-18)17(24)16-21-5-2-6-22-16/h2-7,13H,8-11H2. The molecule has 2 fully saturated rings. The summed E-state index contributed by atoms with van der Waals surface area (Å²) in [5, 5.41) is 0. The summed E-state index contributed by atoms with van der Waals surface area (Å²) >= 11 is 3.38. The zero-order valence-electron chi connectivity index (χ0n) is 13.4. The number of hydrogen-bond donors (Lipinski definition) is 0. The monoisotopic (exact) mass is 398 g/mol. The van der Waals surface area contributed by atoms with E-state index in [0.29, 0.717) is 5.69 Å². The minimum atomic E-state index is -0.103. The van der Waals surface area contributed by atoms with Crippen molar-refractivity contribution >= 4 is 27.5 Å². The van der Waals surface area contributed by atoms with Gasteiger partial charge in [0.25, 0.3) is 5.91 Å². The van der Waals surface area contributed by atoms with Gasteiger partial charge in [0.2, 0.25) is 11.5 Å². The van der Waals surface area contributed by atoms with Crippen LogP contribution in [-0.4, -0.2) is 40.0 Å². The van der Waals surface area contributed by atoms with Crippen LogP contribution in [0.15, 0.2) is 41.1 Å². The second kappa shape index (κ2) is 6.12. The third-order valence-electron chi connectivity index (χ3n) is 4.76. The Kier molecular flexibility index (Phi) is 3.92. The van der Waals surface area contributed by atoms with Crippen molar-refractivity contribution < 1.29 is 9.53 Å². The number of hydrogen-bond acceptors (Lipinski definition) is 4. The van der Waals surface area contributed by atoms with Crippen LogP contribution in [0.3, 0.4) is 0 Å². The molecule has 2 aliphatic rings. The van der Waals surface area contributed by atoms with E-state index in [1.165, 1.54) is 0 Å². The maximum Gasteiger partial charge on any atom is 0.291 e. The number of amides is 1. The largest absolute Gasteiger partial charge is 0.490 e. The van der Waals surface area contributed by atoms with E-state index in [1.807, 2.05) is 12.1 Å². The molecule has 2 aromatic rings. The molecule has 1 aliphatic heterocycles. The number of halogens is 1. The van der Waals surface area contributed by atoms with Crippen LogP contribution in [0.5, 0.6) is 5.75 Å². The van der Waals surface area contributed by atoms with Gasteiger partial charge in [0, 0.05) is 35.4 Å². The maximum absolute atomic E-state index is 12.3. The Labute approximate surface area is 153 Å². The lowest BCUT2D eigenvalue weighted by Crippen LogP contribution is -2.66. The summed E-state index contributed by atoms with van der Waals surface area (Å²) in [6.45, 7) is 8.54. The number of ether oxygens (including phenoxy) is 1. The summed E-state index contributed by atoms with van der Waals surface area (Å²) in [4.78, 5) is 25.5. The molecule has 1 saturated heterocycles. The van der Waals surface area contributed by atoms with Crippen molar-refractivity contribution in [3.8, 4) is 5.75 Å². The molecule has 7 heteroatoms. The van der Waals surface area contributed by atoms with Gasteiger partial charge in [-0.15, -0.1) is 0 Å². The average Bonchev–Trinajstić information content (AvgIpc) is 2.56. The van der Waals surface area contributed by atoms with E-state index < -0.39 is 0 Å². The van der Waals surface area contributed by atoms with Gasteiger partial charge in [0.05, 0.1) is 6.57 Å². The molecule has 1 aromatic carbocycles. The van der Waals surface area contributed by atoms with Gasteiger partial charge in [0.15, 0.2) is 0 Å². The fourth-order valence-electron chi connectivity index (χ4n) is 3.55. The molecule has 2 heterocycles. The first-order valence-electron chi connectivity index (χ1n) is 7.99. The molecule has 1 aromatic heterocycles. The molecule has 6 nitrogen and oxygen atoms in total. The first kappa shape index (κ1) is 16.0. The summed E-state index contributed by atoms with van der Waals surface area (Å²) in [5.74, 6) is 0.924. The molecule has 0 unspecified atom stereocenters.